The van der Waals surface area contributed by atoms with Gasteiger partial charge in [-0.1, -0.05) is 30.3 Å². The molecule has 0 radical (unpaired) electrons. The number of amides is 1. The predicted molar refractivity (Wildman–Crippen MR) is 114 cm³/mol. The fourth-order valence-electron chi connectivity index (χ4n) is 4.28. The van der Waals surface area contributed by atoms with Crippen LogP contribution in [0.4, 0.5) is 13.2 Å². The number of halogens is 3. The number of morpholine rings is 1. The summed E-state index contributed by atoms with van der Waals surface area (Å²) < 4.78 is 49.9. The molecule has 2 aromatic carbocycles. The maximum atomic E-state index is 13.1. The molecule has 33 heavy (non-hydrogen) atoms. The molecule has 1 saturated heterocycles. The molecule has 0 saturated carbocycles. The van der Waals surface area contributed by atoms with Gasteiger partial charge >= 0.3 is 12.1 Å². The van der Waals surface area contributed by atoms with Gasteiger partial charge in [-0.25, -0.2) is 4.79 Å². The normalized spacial score (nSPS) is 22.2. The molecule has 1 amide bonds. The molecule has 2 aliphatic heterocycles. The van der Waals surface area contributed by atoms with E-state index in [1.54, 1.807) is 31.2 Å². The van der Waals surface area contributed by atoms with E-state index in [9.17, 15) is 22.8 Å². The van der Waals surface area contributed by atoms with E-state index in [4.69, 9.17) is 9.47 Å². The summed E-state index contributed by atoms with van der Waals surface area (Å²) in [5.41, 5.74) is -0.267. The molecule has 4 rings (SSSR count). The summed E-state index contributed by atoms with van der Waals surface area (Å²) in [6.45, 7) is 3.88. The summed E-state index contributed by atoms with van der Waals surface area (Å²) in [5.74, 6) is -1.00. The third kappa shape index (κ3) is 5.04. The monoisotopic (exact) mass is 462 g/mol. The first-order valence-electron chi connectivity index (χ1n) is 10.8. The zero-order chi connectivity index (χ0) is 23.6. The van der Waals surface area contributed by atoms with Crippen molar-refractivity contribution in [2.45, 2.75) is 31.2 Å². The second-order valence-corrected chi connectivity index (χ2v) is 8.45. The fourth-order valence-corrected chi connectivity index (χ4v) is 4.28. The molecule has 0 aromatic heterocycles. The van der Waals surface area contributed by atoms with E-state index < -0.39 is 29.2 Å². The Morgan fingerprint density at radius 2 is 1.79 bits per heavy atom. The summed E-state index contributed by atoms with van der Waals surface area (Å²) in [6, 6.07) is 11.6. The molecule has 2 aliphatic rings. The van der Waals surface area contributed by atoms with Crippen molar-refractivity contribution in [1.82, 2.24) is 10.2 Å². The molecule has 9 heteroatoms. The van der Waals surface area contributed by atoms with Gasteiger partial charge in [-0.2, -0.15) is 13.2 Å². The van der Waals surface area contributed by atoms with Crippen LogP contribution >= 0.6 is 0 Å². The number of rotatable bonds is 5. The number of fused-ring (bicyclic) bond motifs is 1. The van der Waals surface area contributed by atoms with E-state index in [0.29, 0.717) is 37.4 Å². The molecule has 6 nitrogen and oxygen atoms in total. The third-order valence-corrected chi connectivity index (χ3v) is 6.13. The van der Waals surface area contributed by atoms with Gasteiger partial charge in [0.2, 0.25) is 0 Å². The Kier molecular flexibility index (Phi) is 6.45. The highest BCUT2D eigenvalue weighted by atomic mass is 19.4. The first-order valence-corrected chi connectivity index (χ1v) is 10.8. The summed E-state index contributed by atoms with van der Waals surface area (Å²) >= 11 is 0. The Balaban J connectivity index is 1.51. The highest BCUT2D eigenvalue weighted by molar-refractivity contribution is 5.97. The highest BCUT2D eigenvalue weighted by Crippen LogP contribution is 2.32. The molecule has 2 aromatic rings. The van der Waals surface area contributed by atoms with Crippen molar-refractivity contribution in [3.05, 3.63) is 70.8 Å². The lowest BCUT2D eigenvalue weighted by Gasteiger charge is -2.37. The van der Waals surface area contributed by atoms with Gasteiger partial charge in [0.1, 0.15) is 0 Å². The van der Waals surface area contributed by atoms with Crippen molar-refractivity contribution in [2.75, 3.05) is 32.8 Å². The van der Waals surface area contributed by atoms with Gasteiger partial charge in [0.25, 0.3) is 5.91 Å². The lowest BCUT2D eigenvalue weighted by atomic mass is 9.89. The van der Waals surface area contributed by atoms with Crippen LogP contribution in [0, 0.1) is 0 Å². The fraction of sp³-hybridized carbons (Fsp3) is 0.417. The largest absolute Gasteiger partial charge is 0.445 e. The highest BCUT2D eigenvalue weighted by Gasteiger charge is 2.43. The van der Waals surface area contributed by atoms with Gasteiger partial charge in [-0.15, -0.1) is 0 Å². The van der Waals surface area contributed by atoms with E-state index in [1.165, 1.54) is 12.1 Å². The van der Waals surface area contributed by atoms with Crippen LogP contribution in [0.15, 0.2) is 48.5 Å². The minimum Gasteiger partial charge on any atom is -0.445 e. The Labute approximate surface area is 189 Å². The second kappa shape index (κ2) is 9.15. The van der Waals surface area contributed by atoms with E-state index >= 15 is 0 Å². The topological polar surface area (TPSA) is 67.9 Å². The standard InChI is InChI=1S/C24H25F3N2O4/c1-23(14-17-4-2-3-5-19(17)21(30)33-23)22(31)28-15-20(29-10-12-32-13-11-29)16-6-8-18(9-7-16)24(25,26)27/h2-9,20H,10-15H2,1H3,(H,28,31). The van der Waals surface area contributed by atoms with Crippen LogP contribution in [0.2, 0.25) is 0 Å². The Bertz CT molecular complexity index is 1020. The molecule has 0 aliphatic carbocycles. The lowest BCUT2D eigenvalue weighted by molar-refractivity contribution is -0.140. The lowest BCUT2D eigenvalue weighted by Crippen LogP contribution is -2.53. The summed E-state index contributed by atoms with van der Waals surface area (Å²) in [6.07, 6.45) is -4.18. The quantitative estimate of drug-likeness (QED) is 0.691. The maximum absolute atomic E-state index is 13.1. The summed E-state index contributed by atoms with van der Waals surface area (Å²) in [5, 5.41) is 2.86. The molecule has 0 spiro atoms. The number of esters is 1. The molecule has 176 valence electrons. The molecular formula is C24H25F3N2O4. The molecular weight excluding hydrogens is 437 g/mol. The number of alkyl halides is 3. The minimum absolute atomic E-state index is 0.152. The number of hydrogen-bond acceptors (Lipinski definition) is 5. The van der Waals surface area contributed by atoms with Crippen LogP contribution in [0.3, 0.4) is 0 Å². The van der Waals surface area contributed by atoms with Crippen LogP contribution in [-0.4, -0.2) is 55.2 Å². The number of hydrogen-bond donors (Lipinski definition) is 1. The summed E-state index contributed by atoms with van der Waals surface area (Å²) in [4.78, 5) is 27.6. The molecule has 0 bridgehead atoms. The van der Waals surface area contributed by atoms with Crippen molar-refractivity contribution in [3.8, 4) is 0 Å². The van der Waals surface area contributed by atoms with Crippen molar-refractivity contribution in [1.29, 1.82) is 0 Å². The maximum Gasteiger partial charge on any atom is 0.416 e. The molecule has 1 fully saturated rings. The molecule has 2 unspecified atom stereocenters. The first kappa shape index (κ1) is 23.3. The van der Waals surface area contributed by atoms with Crippen molar-refractivity contribution < 1.29 is 32.2 Å². The first-order chi connectivity index (χ1) is 15.7. The predicted octanol–water partition coefficient (Wildman–Crippen LogP) is 3.37. The van der Waals surface area contributed by atoms with Gasteiger partial charge in [0, 0.05) is 26.1 Å². The Hall–Kier alpha value is -2.91. The second-order valence-electron chi connectivity index (χ2n) is 8.45. The minimum atomic E-state index is -4.42. The molecule has 2 heterocycles. The van der Waals surface area contributed by atoms with Crippen LogP contribution in [0.1, 0.15) is 40.0 Å². The third-order valence-electron chi connectivity index (χ3n) is 6.13. The van der Waals surface area contributed by atoms with Gasteiger partial charge in [0.15, 0.2) is 5.60 Å². The Morgan fingerprint density at radius 1 is 1.12 bits per heavy atom. The number of carbonyl (C=O) groups excluding carboxylic acids is 2. The van der Waals surface area contributed by atoms with Crippen LogP contribution in [0.25, 0.3) is 0 Å². The SMILES string of the molecule is CC1(C(=O)NCC(c2ccc(C(F)(F)F)cc2)N2CCOCC2)Cc2ccccc2C(=O)O1. The Morgan fingerprint density at radius 3 is 2.45 bits per heavy atom. The van der Waals surface area contributed by atoms with E-state index in [0.717, 1.165) is 17.7 Å². The van der Waals surface area contributed by atoms with E-state index in [2.05, 4.69) is 10.2 Å². The van der Waals surface area contributed by atoms with E-state index in [1.807, 2.05) is 0 Å². The number of benzene rings is 2. The van der Waals surface area contributed by atoms with Gasteiger partial charge in [-0.3, -0.25) is 9.69 Å². The van der Waals surface area contributed by atoms with Crippen molar-refractivity contribution in [3.63, 3.8) is 0 Å². The van der Waals surface area contributed by atoms with Gasteiger partial charge in [0.05, 0.1) is 30.4 Å². The summed E-state index contributed by atoms with van der Waals surface area (Å²) in [7, 11) is 0. The van der Waals surface area contributed by atoms with Crippen LogP contribution < -0.4 is 5.32 Å². The van der Waals surface area contributed by atoms with Crippen molar-refractivity contribution >= 4 is 11.9 Å². The number of ether oxygens (including phenoxy) is 2. The van der Waals surface area contributed by atoms with E-state index in [-0.39, 0.29) is 19.0 Å². The molecule has 2 atom stereocenters. The van der Waals surface area contributed by atoms with Crippen LogP contribution in [-0.2, 0) is 26.9 Å². The van der Waals surface area contributed by atoms with Crippen molar-refractivity contribution in [2.24, 2.45) is 0 Å². The number of nitrogens with zero attached hydrogens (tertiary/aromatic N) is 1. The van der Waals surface area contributed by atoms with Gasteiger partial charge in [-0.05, 0) is 36.2 Å². The zero-order valence-corrected chi connectivity index (χ0v) is 18.2. The smallest absolute Gasteiger partial charge is 0.416 e. The zero-order valence-electron chi connectivity index (χ0n) is 18.2. The van der Waals surface area contributed by atoms with Crippen LogP contribution in [0.5, 0.6) is 0 Å². The average Bonchev–Trinajstić information content (AvgIpc) is 2.79. The van der Waals surface area contributed by atoms with Gasteiger partial charge < -0.3 is 14.8 Å². The number of carbonyl (C=O) groups is 2. The number of nitrogens with one attached hydrogen (secondary N) is 1. The average molecular weight is 462 g/mol. The number of cyclic esters (lactones) is 1. The molecule has 1 N–H and O–H groups in total.